The Balaban J connectivity index is 1.90. The van der Waals surface area contributed by atoms with Crippen LogP contribution in [0.5, 0.6) is 0 Å². The van der Waals surface area contributed by atoms with Gasteiger partial charge in [-0.25, -0.2) is 8.42 Å². The number of aromatic nitrogens is 2. The van der Waals surface area contributed by atoms with Crippen LogP contribution in [-0.2, 0) is 21.4 Å². The number of nitrogens with one attached hydrogen (secondary N) is 2. The molecular weight excluding hydrogens is 420 g/mol. The van der Waals surface area contributed by atoms with Crippen LogP contribution < -0.4 is 10.0 Å². The van der Waals surface area contributed by atoms with E-state index < -0.39 is 16.1 Å². The normalized spacial score (nSPS) is 12.9. The highest BCUT2D eigenvalue weighted by Crippen LogP contribution is 2.07. The minimum atomic E-state index is -3.75. The van der Waals surface area contributed by atoms with Gasteiger partial charge in [-0.05, 0) is 56.4 Å². The zero-order valence-corrected chi connectivity index (χ0v) is 19.3. The summed E-state index contributed by atoms with van der Waals surface area (Å²) in [7, 11) is -3.75. The third-order valence-electron chi connectivity index (χ3n) is 4.42. The van der Waals surface area contributed by atoms with Crippen LogP contribution in [0.2, 0.25) is 0 Å². The van der Waals surface area contributed by atoms with E-state index >= 15 is 0 Å². The first-order valence-corrected chi connectivity index (χ1v) is 12.8. The fourth-order valence-electron chi connectivity index (χ4n) is 2.91. The Morgan fingerprint density at radius 3 is 2.63 bits per heavy atom. The van der Waals surface area contributed by atoms with Gasteiger partial charge in [-0.3, -0.25) is 9.48 Å². The molecule has 0 spiro atoms. The lowest BCUT2D eigenvalue weighted by Crippen LogP contribution is -2.46. The first-order chi connectivity index (χ1) is 14.3. The number of carbonyl (C=O) groups excluding carboxylic acids is 1. The van der Waals surface area contributed by atoms with E-state index in [2.05, 4.69) is 15.1 Å². The van der Waals surface area contributed by atoms with Gasteiger partial charge in [-0.15, -0.1) is 0 Å². The maximum Gasteiger partial charge on any atom is 0.238 e. The molecule has 164 valence electrons. The van der Waals surface area contributed by atoms with Crippen molar-refractivity contribution in [2.45, 2.75) is 39.3 Å². The van der Waals surface area contributed by atoms with Crippen LogP contribution in [0, 0.1) is 13.8 Å². The first-order valence-electron chi connectivity index (χ1n) is 9.84. The van der Waals surface area contributed by atoms with Gasteiger partial charge in [0.05, 0.1) is 5.69 Å². The van der Waals surface area contributed by atoms with Crippen molar-refractivity contribution < 1.29 is 13.2 Å². The van der Waals surface area contributed by atoms with Gasteiger partial charge in [0.25, 0.3) is 0 Å². The van der Waals surface area contributed by atoms with Crippen molar-refractivity contribution in [2.75, 3.05) is 18.6 Å². The van der Waals surface area contributed by atoms with Crippen molar-refractivity contribution in [3.05, 3.63) is 58.8 Å². The Morgan fingerprint density at radius 2 is 2.00 bits per heavy atom. The SMILES string of the molecule is CSCCC(NS(=O)(=O)C=Cc1ccccc1)C(=O)NCCCn1nc(C)cc1C. The lowest BCUT2D eigenvalue weighted by molar-refractivity contribution is -0.122. The van der Waals surface area contributed by atoms with E-state index in [1.54, 1.807) is 11.8 Å². The van der Waals surface area contributed by atoms with Crippen LogP contribution in [0.3, 0.4) is 0 Å². The summed E-state index contributed by atoms with van der Waals surface area (Å²) in [4.78, 5) is 12.6. The molecule has 1 amide bonds. The van der Waals surface area contributed by atoms with Gasteiger partial charge in [0.1, 0.15) is 6.04 Å². The van der Waals surface area contributed by atoms with Crippen LogP contribution in [0.25, 0.3) is 6.08 Å². The highest BCUT2D eigenvalue weighted by atomic mass is 32.2. The summed E-state index contributed by atoms with van der Waals surface area (Å²) in [5.74, 6) is 0.364. The average molecular weight is 451 g/mol. The molecule has 0 aliphatic rings. The number of aryl methyl sites for hydroxylation is 3. The number of sulfonamides is 1. The summed E-state index contributed by atoms with van der Waals surface area (Å²) < 4.78 is 29.3. The number of carbonyl (C=O) groups is 1. The first kappa shape index (κ1) is 24.2. The lowest BCUT2D eigenvalue weighted by Gasteiger charge is -2.17. The maximum absolute atomic E-state index is 12.6. The van der Waals surface area contributed by atoms with Crippen LogP contribution >= 0.6 is 11.8 Å². The molecule has 0 aliphatic carbocycles. The van der Waals surface area contributed by atoms with Gasteiger partial charge in [0.15, 0.2) is 0 Å². The molecule has 1 atom stereocenters. The molecule has 1 heterocycles. The minimum absolute atomic E-state index is 0.311. The molecule has 0 saturated heterocycles. The van der Waals surface area contributed by atoms with Crippen molar-refractivity contribution in [2.24, 2.45) is 0 Å². The number of amides is 1. The van der Waals surface area contributed by atoms with E-state index in [0.29, 0.717) is 31.7 Å². The molecule has 0 fully saturated rings. The maximum atomic E-state index is 12.6. The van der Waals surface area contributed by atoms with E-state index in [1.807, 2.05) is 61.2 Å². The van der Waals surface area contributed by atoms with Crippen molar-refractivity contribution >= 4 is 33.8 Å². The fraction of sp³-hybridized carbons (Fsp3) is 0.429. The van der Waals surface area contributed by atoms with Gasteiger partial charge < -0.3 is 5.32 Å². The number of rotatable bonds is 12. The number of hydrogen-bond acceptors (Lipinski definition) is 5. The third kappa shape index (κ3) is 8.33. The van der Waals surface area contributed by atoms with Crippen molar-refractivity contribution in [3.8, 4) is 0 Å². The Kier molecular flexibility index (Phi) is 9.61. The summed E-state index contributed by atoms with van der Waals surface area (Å²) in [6, 6.07) is 10.4. The molecule has 0 radical (unpaired) electrons. The quantitative estimate of drug-likeness (QED) is 0.485. The zero-order valence-electron chi connectivity index (χ0n) is 17.7. The summed E-state index contributed by atoms with van der Waals surface area (Å²) in [6.45, 7) is 5.09. The molecule has 30 heavy (non-hydrogen) atoms. The fourth-order valence-corrected chi connectivity index (χ4v) is 4.42. The van der Waals surface area contributed by atoms with Gasteiger partial charge in [0.2, 0.25) is 15.9 Å². The second-order valence-electron chi connectivity index (χ2n) is 7.01. The van der Waals surface area contributed by atoms with E-state index in [9.17, 15) is 13.2 Å². The number of benzene rings is 1. The molecule has 0 aliphatic heterocycles. The van der Waals surface area contributed by atoms with Gasteiger partial charge in [-0.2, -0.15) is 21.6 Å². The predicted molar refractivity (Wildman–Crippen MR) is 124 cm³/mol. The largest absolute Gasteiger partial charge is 0.355 e. The number of hydrogen-bond donors (Lipinski definition) is 2. The Bertz CT molecular complexity index is 940. The van der Waals surface area contributed by atoms with Gasteiger partial charge >= 0.3 is 0 Å². The Hall–Kier alpha value is -2.10. The topological polar surface area (TPSA) is 93.1 Å². The molecule has 1 unspecified atom stereocenters. The van der Waals surface area contributed by atoms with Crippen molar-refractivity contribution in [3.63, 3.8) is 0 Å². The van der Waals surface area contributed by atoms with Crippen LogP contribution in [0.1, 0.15) is 29.8 Å². The Labute approximate surface area is 183 Å². The van der Waals surface area contributed by atoms with Crippen molar-refractivity contribution in [1.82, 2.24) is 19.8 Å². The smallest absolute Gasteiger partial charge is 0.238 e. The molecule has 2 rings (SSSR count). The molecule has 1 aromatic carbocycles. The predicted octanol–water partition coefficient (Wildman–Crippen LogP) is 2.72. The summed E-state index contributed by atoms with van der Waals surface area (Å²) >= 11 is 1.57. The molecule has 7 nitrogen and oxygen atoms in total. The average Bonchev–Trinajstić information content (AvgIpc) is 3.04. The molecule has 0 bridgehead atoms. The molecule has 2 aromatic rings. The molecule has 2 N–H and O–H groups in total. The molecule has 9 heteroatoms. The molecule has 0 saturated carbocycles. The summed E-state index contributed by atoms with van der Waals surface area (Å²) in [5.41, 5.74) is 2.82. The molecular formula is C21H30N4O3S2. The highest BCUT2D eigenvalue weighted by Gasteiger charge is 2.22. The third-order valence-corrected chi connectivity index (χ3v) is 6.17. The van der Waals surface area contributed by atoms with Crippen molar-refractivity contribution in [1.29, 1.82) is 0 Å². The van der Waals surface area contributed by atoms with E-state index in [1.165, 1.54) is 6.08 Å². The molecule has 1 aromatic heterocycles. The van der Waals surface area contributed by atoms with Crippen LogP contribution in [-0.4, -0.2) is 48.7 Å². The van der Waals surface area contributed by atoms with Gasteiger partial charge in [0, 0.05) is 24.2 Å². The van der Waals surface area contributed by atoms with Crippen LogP contribution in [0.4, 0.5) is 0 Å². The second kappa shape index (κ2) is 11.9. The van der Waals surface area contributed by atoms with Gasteiger partial charge in [-0.1, -0.05) is 30.3 Å². The van der Waals surface area contributed by atoms with E-state index in [-0.39, 0.29) is 5.91 Å². The highest BCUT2D eigenvalue weighted by molar-refractivity contribution is 7.98. The monoisotopic (exact) mass is 450 g/mol. The summed E-state index contributed by atoms with van der Waals surface area (Å²) in [6.07, 6.45) is 4.57. The lowest BCUT2D eigenvalue weighted by atomic mass is 10.2. The van der Waals surface area contributed by atoms with Crippen LogP contribution in [0.15, 0.2) is 41.8 Å². The summed E-state index contributed by atoms with van der Waals surface area (Å²) in [5, 5.41) is 8.34. The van der Waals surface area contributed by atoms with E-state index in [4.69, 9.17) is 0 Å². The Morgan fingerprint density at radius 1 is 1.27 bits per heavy atom. The standard InChI is InChI=1S/C21H30N4O3S2/c1-17-16-18(2)25(23-17)13-7-12-22-21(26)20(10-14-29-3)24-30(27,28)15-11-19-8-5-4-6-9-19/h4-6,8-9,11,15-16,20,24H,7,10,12-14H2,1-3H3,(H,22,26). The minimum Gasteiger partial charge on any atom is -0.355 e. The zero-order chi connectivity index (χ0) is 22.0. The second-order valence-corrected chi connectivity index (χ2v) is 9.59. The van der Waals surface area contributed by atoms with E-state index in [0.717, 1.165) is 22.4 Å². The number of thioether (sulfide) groups is 1. The number of nitrogens with zero attached hydrogens (tertiary/aromatic N) is 2.